The maximum atomic E-state index is 11.7. The molecule has 120 valence electrons. The minimum atomic E-state index is -0.364. The fraction of sp³-hybridized carbons (Fsp3) is 0.125. The SMILES string of the molecule is COc1ccc(C=NNC(=O)COc2ccc(Cl)cc2Br)cc1. The Morgan fingerprint density at radius 3 is 2.70 bits per heavy atom. The number of rotatable bonds is 6. The number of carbonyl (C=O) groups is 1. The molecule has 0 fully saturated rings. The number of methoxy groups -OCH3 is 1. The fourth-order valence-corrected chi connectivity index (χ4v) is 2.43. The molecule has 2 rings (SSSR count). The van der Waals surface area contributed by atoms with E-state index in [1.807, 2.05) is 24.3 Å². The Kier molecular flexibility index (Phi) is 6.43. The van der Waals surface area contributed by atoms with E-state index in [-0.39, 0.29) is 12.5 Å². The first-order chi connectivity index (χ1) is 11.1. The van der Waals surface area contributed by atoms with Gasteiger partial charge in [-0.15, -0.1) is 0 Å². The number of nitrogens with one attached hydrogen (secondary N) is 1. The highest BCUT2D eigenvalue weighted by Crippen LogP contribution is 2.27. The monoisotopic (exact) mass is 396 g/mol. The van der Waals surface area contributed by atoms with E-state index in [1.54, 1.807) is 25.3 Å². The number of amides is 1. The number of hydrogen-bond donors (Lipinski definition) is 1. The van der Waals surface area contributed by atoms with Crippen LogP contribution in [0.4, 0.5) is 0 Å². The summed E-state index contributed by atoms with van der Waals surface area (Å²) in [7, 11) is 1.60. The third-order valence-corrected chi connectivity index (χ3v) is 3.63. The van der Waals surface area contributed by atoms with Crippen molar-refractivity contribution in [3.05, 3.63) is 57.5 Å². The van der Waals surface area contributed by atoms with E-state index in [0.29, 0.717) is 15.2 Å². The lowest BCUT2D eigenvalue weighted by molar-refractivity contribution is -0.123. The molecular weight excluding hydrogens is 384 g/mol. The summed E-state index contributed by atoms with van der Waals surface area (Å²) >= 11 is 9.14. The van der Waals surface area contributed by atoms with Gasteiger partial charge in [-0.1, -0.05) is 11.6 Å². The van der Waals surface area contributed by atoms with Gasteiger partial charge in [-0.2, -0.15) is 5.10 Å². The molecule has 0 aliphatic rings. The number of nitrogens with zero attached hydrogens (tertiary/aromatic N) is 1. The van der Waals surface area contributed by atoms with E-state index < -0.39 is 0 Å². The molecule has 0 unspecified atom stereocenters. The van der Waals surface area contributed by atoms with Crippen LogP contribution in [0.1, 0.15) is 5.56 Å². The largest absolute Gasteiger partial charge is 0.497 e. The van der Waals surface area contributed by atoms with Crippen LogP contribution in [-0.4, -0.2) is 25.8 Å². The Morgan fingerprint density at radius 2 is 2.04 bits per heavy atom. The molecule has 0 saturated carbocycles. The summed E-state index contributed by atoms with van der Waals surface area (Å²) in [4.78, 5) is 11.7. The van der Waals surface area contributed by atoms with Gasteiger partial charge in [0.15, 0.2) is 6.61 Å². The lowest BCUT2D eigenvalue weighted by Crippen LogP contribution is -2.24. The van der Waals surface area contributed by atoms with Crippen molar-refractivity contribution in [3.63, 3.8) is 0 Å². The number of hydrogen-bond acceptors (Lipinski definition) is 4. The van der Waals surface area contributed by atoms with Crippen LogP contribution < -0.4 is 14.9 Å². The zero-order valence-electron chi connectivity index (χ0n) is 12.3. The molecule has 0 aromatic heterocycles. The Bertz CT molecular complexity index is 705. The molecule has 0 heterocycles. The standard InChI is InChI=1S/C16H14BrClN2O3/c1-22-13-5-2-11(3-6-13)9-19-20-16(21)10-23-15-7-4-12(18)8-14(15)17/h2-9H,10H2,1H3,(H,20,21). The first-order valence-corrected chi connectivity index (χ1v) is 7.79. The molecule has 0 bridgehead atoms. The van der Waals surface area contributed by atoms with Crippen molar-refractivity contribution in [2.45, 2.75) is 0 Å². The summed E-state index contributed by atoms with van der Waals surface area (Å²) in [6, 6.07) is 12.3. The van der Waals surface area contributed by atoms with Crippen molar-refractivity contribution in [3.8, 4) is 11.5 Å². The summed E-state index contributed by atoms with van der Waals surface area (Å²) in [5.41, 5.74) is 3.23. The third kappa shape index (κ3) is 5.58. The molecule has 1 N–H and O–H groups in total. The van der Waals surface area contributed by atoms with Crippen molar-refractivity contribution in [2.24, 2.45) is 5.10 Å². The predicted octanol–water partition coefficient (Wildman–Crippen LogP) is 3.64. The summed E-state index contributed by atoms with van der Waals surface area (Å²) in [5, 5.41) is 4.45. The van der Waals surface area contributed by atoms with Crippen LogP contribution in [0.5, 0.6) is 11.5 Å². The van der Waals surface area contributed by atoms with Crippen molar-refractivity contribution in [1.29, 1.82) is 0 Å². The molecule has 2 aromatic rings. The topological polar surface area (TPSA) is 59.9 Å². The van der Waals surface area contributed by atoms with Gasteiger partial charge >= 0.3 is 0 Å². The number of hydrazone groups is 1. The number of ether oxygens (including phenoxy) is 2. The smallest absolute Gasteiger partial charge is 0.277 e. The van der Waals surface area contributed by atoms with Crippen LogP contribution in [0.25, 0.3) is 0 Å². The van der Waals surface area contributed by atoms with Gasteiger partial charge in [-0.3, -0.25) is 4.79 Å². The van der Waals surface area contributed by atoms with E-state index >= 15 is 0 Å². The van der Waals surface area contributed by atoms with Gasteiger partial charge in [-0.05, 0) is 64.0 Å². The summed E-state index contributed by atoms with van der Waals surface area (Å²) in [6.07, 6.45) is 1.54. The average molecular weight is 398 g/mol. The summed E-state index contributed by atoms with van der Waals surface area (Å²) in [5.74, 6) is 0.924. The van der Waals surface area contributed by atoms with Crippen LogP contribution in [0, 0.1) is 0 Å². The average Bonchev–Trinajstić information content (AvgIpc) is 2.54. The Labute approximate surface area is 147 Å². The quantitative estimate of drug-likeness (QED) is 0.598. The number of carbonyl (C=O) groups excluding carboxylic acids is 1. The van der Waals surface area contributed by atoms with Gasteiger partial charge in [0.05, 0.1) is 17.8 Å². The fourth-order valence-electron chi connectivity index (χ4n) is 1.64. The Hall–Kier alpha value is -2.05. The maximum absolute atomic E-state index is 11.7. The normalized spacial score (nSPS) is 10.6. The molecule has 2 aromatic carbocycles. The van der Waals surface area contributed by atoms with Gasteiger partial charge in [0.1, 0.15) is 11.5 Å². The lowest BCUT2D eigenvalue weighted by atomic mass is 10.2. The van der Waals surface area contributed by atoms with Gasteiger partial charge < -0.3 is 9.47 Å². The first-order valence-electron chi connectivity index (χ1n) is 6.62. The highest BCUT2D eigenvalue weighted by atomic mass is 79.9. The lowest BCUT2D eigenvalue weighted by Gasteiger charge is -2.07. The minimum absolute atomic E-state index is 0.153. The van der Waals surface area contributed by atoms with Crippen LogP contribution in [0.3, 0.4) is 0 Å². The van der Waals surface area contributed by atoms with E-state index in [0.717, 1.165) is 11.3 Å². The molecule has 5 nitrogen and oxygen atoms in total. The van der Waals surface area contributed by atoms with Crippen LogP contribution >= 0.6 is 27.5 Å². The number of halogens is 2. The van der Waals surface area contributed by atoms with Gasteiger partial charge in [0.2, 0.25) is 0 Å². The van der Waals surface area contributed by atoms with Gasteiger partial charge in [0, 0.05) is 5.02 Å². The van der Waals surface area contributed by atoms with E-state index in [4.69, 9.17) is 21.1 Å². The van der Waals surface area contributed by atoms with E-state index in [2.05, 4.69) is 26.5 Å². The van der Waals surface area contributed by atoms with Crippen LogP contribution in [0.2, 0.25) is 5.02 Å². The summed E-state index contributed by atoms with van der Waals surface area (Å²) in [6.45, 7) is -0.153. The highest BCUT2D eigenvalue weighted by molar-refractivity contribution is 9.10. The molecule has 0 aliphatic heterocycles. The molecule has 0 radical (unpaired) electrons. The second kappa shape index (κ2) is 8.55. The van der Waals surface area contributed by atoms with Crippen LogP contribution in [0.15, 0.2) is 52.0 Å². The van der Waals surface area contributed by atoms with Crippen molar-refractivity contribution >= 4 is 39.7 Å². The molecule has 7 heteroatoms. The summed E-state index contributed by atoms with van der Waals surface area (Å²) < 4.78 is 11.1. The zero-order valence-corrected chi connectivity index (χ0v) is 14.6. The van der Waals surface area contributed by atoms with Crippen molar-refractivity contribution in [2.75, 3.05) is 13.7 Å². The minimum Gasteiger partial charge on any atom is -0.497 e. The predicted molar refractivity (Wildman–Crippen MR) is 93.4 cm³/mol. The van der Waals surface area contributed by atoms with E-state index in [1.165, 1.54) is 6.21 Å². The van der Waals surface area contributed by atoms with Gasteiger partial charge in [-0.25, -0.2) is 5.43 Å². The molecule has 23 heavy (non-hydrogen) atoms. The second-order valence-electron chi connectivity index (χ2n) is 4.43. The molecule has 1 amide bonds. The van der Waals surface area contributed by atoms with Crippen molar-refractivity contribution in [1.82, 2.24) is 5.43 Å². The first kappa shape index (κ1) is 17.3. The van der Waals surface area contributed by atoms with E-state index in [9.17, 15) is 4.79 Å². The second-order valence-corrected chi connectivity index (χ2v) is 5.72. The molecular formula is C16H14BrClN2O3. The Balaban J connectivity index is 1.81. The number of benzene rings is 2. The molecule has 0 spiro atoms. The van der Waals surface area contributed by atoms with Crippen LogP contribution in [-0.2, 0) is 4.79 Å². The van der Waals surface area contributed by atoms with Crippen molar-refractivity contribution < 1.29 is 14.3 Å². The highest BCUT2D eigenvalue weighted by Gasteiger charge is 2.05. The molecule has 0 saturated heterocycles. The third-order valence-electron chi connectivity index (χ3n) is 2.77. The Morgan fingerprint density at radius 1 is 1.30 bits per heavy atom. The van der Waals surface area contributed by atoms with Gasteiger partial charge in [0.25, 0.3) is 5.91 Å². The molecule has 0 aliphatic carbocycles. The maximum Gasteiger partial charge on any atom is 0.277 e. The molecule has 0 atom stereocenters. The zero-order chi connectivity index (χ0) is 16.7.